The molecule has 0 bridgehead atoms. The number of nitrogens with one attached hydrogen (secondary N) is 1. The van der Waals surface area contributed by atoms with Gasteiger partial charge in [0.1, 0.15) is 10.9 Å². The normalized spacial score (nSPS) is 12.0. The number of carbonyl (C=O) groups excluding carboxylic acids is 1. The Morgan fingerprint density at radius 1 is 1.25 bits per heavy atom. The molecule has 32 heavy (non-hydrogen) atoms. The van der Waals surface area contributed by atoms with E-state index in [-0.39, 0.29) is 17.2 Å². The molecule has 0 aliphatic heterocycles. The second-order valence-electron chi connectivity index (χ2n) is 7.22. The molecule has 2 heterocycles. The predicted molar refractivity (Wildman–Crippen MR) is 126 cm³/mol. The van der Waals surface area contributed by atoms with Gasteiger partial charge in [0.25, 0.3) is 11.2 Å². The number of thiophene rings is 1. The Hall–Kier alpha value is -3.56. The highest BCUT2D eigenvalue weighted by Crippen LogP contribution is 2.32. The lowest BCUT2D eigenvalue weighted by molar-refractivity contribution is -0.384. The van der Waals surface area contributed by atoms with Gasteiger partial charge in [-0.05, 0) is 49.2 Å². The largest absolute Gasteiger partial charge is 0.324 e. The van der Waals surface area contributed by atoms with Crippen LogP contribution in [0.3, 0.4) is 0 Å². The van der Waals surface area contributed by atoms with Crippen molar-refractivity contribution in [2.75, 3.05) is 5.32 Å². The fraction of sp³-hybridized carbons (Fsp3) is 0.136. The van der Waals surface area contributed by atoms with Crippen molar-refractivity contribution in [3.8, 4) is 11.1 Å². The number of fused-ring (bicyclic) bond motifs is 1. The minimum atomic E-state index is -0.830. The van der Waals surface area contributed by atoms with Crippen LogP contribution in [-0.4, -0.2) is 20.4 Å². The van der Waals surface area contributed by atoms with E-state index in [1.165, 1.54) is 34.4 Å². The Morgan fingerprint density at radius 3 is 2.62 bits per heavy atom. The molecule has 0 spiro atoms. The molecular formula is C22H17ClN4O4S. The molecule has 0 saturated carbocycles. The highest BCUT2D eigenvalue weighted by Gasteiger charge is 2.21. The van der Waals surface area contributed by atoms with Crippen molar-refractivity contribution in [2.45, 2.75) is 19.9 Å². The van der Waals surface area contributed by atoms with E-state index >= 15 is 0 Å². The molecule has 0 radical (unpaired) electrons. The summed E-state index contributed by atoms with van der Waals surface area (Å²) in [7, 11) is 0. The van der Waals surface area contributed by atoms with Crippen LogP contribution < -0.4 is 10.9 Å². The standard InChI is InChI=1S/C22H17ClN4O4S/c1-12-3-6-15(9-18(12)23)25-20(28)13(2)26-11-24-21-19(22(26)29)17(10-32-21)14-4-7-16(8-5-14)27(30)31/h3-11,13H,1-2H3,(H,25,28). The number of benzene rings is 2. The van der Waals surface area contributed by atoms with Gasteiger partial charge in [0.05, 0.1) is 16.6 Å². The topological polar surface area (TPSA) is 107 Å². The third kappa shape index (κ3) is 4.00. The van der Waals surface area contributed by atoms with Crippen LogP contribution >= 0.6 is 22.9 Å². The Morgan fingerprint density at radius 2 is 1.97 bits per heavy atom. The van der Waals surface area contributed by atoms with Gasteiger partial charge in [-0.15, -0.1) is 11.3 Å². The lowest BCUT2D eigenvalue weighted by atomic mass is 10.1. The van der Waals surface area contributed by atoms with Gasteiger partial charge in [0.2, 0.25) is 5.91 Å². The molecule has 4 aromatic rings. The maximum Gasteiger partial charge on any atom is 0.269 e. The number of anilines is 1. The number of hydrogen-bond acceptors (Lipinski definition) is 6. The van der Waals surface area contributed by atoms with E-state index in [4.69, 9.17) is 11.6 Å². The monoisotopic (exact) mass is 468 g/mol. The van der Waals surface area contributed by atoms with Gasteiger partial charge in [-0.25, -0.2) is 4.98 Å². The fourth-order valence-corrected chi connectivity index (χ4v) is 4.33. The summed E-state index contributed by atoms with van der Waals surface area (Å²) in [6.07, 6.45) is 1.35. The smallest absolute Gasteiger partial charge is 0.269 e. The Balaban J connectivity index is 1.69. The lowest BCUT2D eigenvalue weighted by Crippen LogP contribution is -2.31. The summed E-state index contributed by atoms with van der Waals surface area (Å²) in [6, 6.07) is 10.3. The summed E-state index contributed by atoms with van der Waals surface area (Å²) in [5, 5.41) is 16.4. The number of aryl methyl sites for hydroxylation is 1. The first-order chi connectivity index (χ1) is 15.3. The molecule has 8 nitrogen and oxygen atoms in total. The highest BCUT2D eigenvalue weighted by molar-refractivity contribution is 7.17. The van der Waals surface area contributed by atoms with Crippen LogP contribution in [0.25, 0.3) is 21.3 Å². The molecule has 2 aromatic heterocycles. The van der Waals surface area contributed by atoms with Crippen LogP contribution in [0.15, 0.2) is 59.0 Å². The van der Waals surface area contributed by atoms with Gasteiger partial charge in [-0.1, -0.05) is 17.7 Å². The summed E-state index contributed by atoms with van der Waals surface area (Å²) < 4.78 is 1.27. The van der Waals surface area contributed by atoms with Crippen LogP contribution in [0.5, 0.6) is 0 Å². The van der Waals surface area contributed by atoms with Gasteiger partial charge < -0.3 is 5.32 Å². The molecule has 162 valence electrons. The predicted octanol–water partition coefficient (Wildman–Crippen LogP) is 5.19. The zero-order valence-corrected chi connectivity index (χ0v) is 18.6. The number of carbonyl (C=O) groups is 1. The van der Waals surface area contributed by atoms with E-state index in [0.29, 0.717) is 32.1 Å². The van der Waals surface area contributed by atoms with Crippen molar-refractivity contribution >= 4 is 50.4 Å². The first-order valence-corrected chi connectivity index (χ1v) is 10.8. The number of hydrogen-bond donors (Lipinski definition) is 1. The van der Waals surface area contributed by atoms with Crippen molar-refractivity contribution in [3.05, 3.63) is 85.2 Å². The third-order valence-corrected chi connectivity index (χ3v) is 6.44. The SMILES string of the molecule is Cc1ccc(NC(=O)C(C)n2cnc3scc(-c4ccc([N+](=O)[O-])cc4)c3c2=O)cc1Cl. The maximum absolute atomic E-state index is 13.3. The molecule has 10 heteroatoms. The fourth-order valence-electron chi connectivity index (χ4n) is 3.24. The number of nitrogens with zero attached hydrogens (tertiary/aromatic N) is 3. The molecule has 1 amide bonds. The Labute approximate surface area is 191 Å². The van der Waals surface area contributed by atoms with Gasteiger partial charge in [0, 0.05) is 33.8 Å². The van der Waals surface area contributed by atoms with E-state index in [9.17, 15) is 19.7 Å². The van der Waals surface area contributed by atoms with E-state index in [0.717, 1.165) is 5.56 Å². The minimum Gasteiger partial charge on any atom is -0.324 e. The van der Waals surface area contributed by atoms with Crippen molar-refractivity contribution in [1.29, 1.82) is 0 Å². The molecule has 0 aliphatic carbocycles. The molecule has 0 fully saturated rings. The number of nitro groups is 1. The number of aromatic nitrogens is 2. The molecule has 2 aromatic carbocycles. The molecule has 4 rings (SSSR count). The van der Waals surface area contributed by atoms with Crippen LogP contribution in [0, 0.1) is 17.0 Å². The maximum atomic E-state index is 13.3. The molecular weight excluding hydrogens is 452 g/mol. The third-order valence-electron chi connectivity index (χ3n) is 5.14. The zero-order chi connectivity index (χ0) is 23.0. The summed E-state index contributed by atoms with van der Waals surface area (Å²) >= 11 is 7.42. The Kier molecular flexibility index (Phi) is 5.77. The lowest BCUT2D eigenvalue weighted by Gasteiger charge is -2.15. The zero-order valence-electron chi connectivity index (χ0n) is 17.0. The van der Waals surface area contributed by atoms with Crippen LogP contribution in [0.1, 0.15) is 18.5 Å². The second kappa shape index (κ2) is 8.52. The van der Waals surface area contributed by atoms with E-state index < -0.39 is 11.0 Å². The van der Waals surface area contributed by atoms with Gasteiger partial charge in [-0.2, -0.15) is 0 Å². The molecule has 1 N–H and O–H groups in total. The average Bonchev–Trinajstić information content (AvgIpc) is 3.21. The molecule has 0 aliphatic rings. The molecule has 1 atom stereocenters. The summed E-state index contributed by atoms with van der Waals surface area (Å²) in [4.78, 5) is 41.4. The molecule has 0 saturated heterocycles. The summed E-state index contributed by atoms with van der Waals surface area (Å²) in [5.41, 5.74) is 2.29. The van der Waals surface area contributed by atoms with Crippen molar-refractivity contribution in [3.63, 3.8) is 0 Å². The number of amides is 1. The van der Waals surface area contributed by atoms with Crippen molar-refractivity contribution < 1.29 is 9.72 Å². The van der Waals surface area contributed by atoms with E-state index in [1.54, 1.807) is 42.6 Å². The second-order valence-corrected chi connectivity index (χ2v) is 8.48. The number of rotatable bonds is 5. The van der Waals surface area contributed by atoms with Gasteiger partial charge >= 0.3 is 0 Å². The van der Waals surface area contributed by atoms with E-state index in [2.05, 4.69) is 10.3 Å². The van der Waals surface area contributed by atoms with Gasteiger partial charge in [-0.3, -0.25) is 24.3 Å². The number of non-ortho nitro benzene ring substituents is 1. The minimum absolute atomic E-state index is 0.0367. The van der Waals surface area contributed by atoms with Crippen LogP contribution in [0.2, 0.25) is 5.02 Å². The van der Waals surface area contributed by atoms with Crippen molar-refractivity contribution in [2.24, 2.45) is 0 Å². The first-order valence-electron chi connectivity index (χ1n) is 9.56. The first kappa shape index (κ1) is 21.7. The van der Waals surface area contributed by atoms with Crippen molar-refractivity contribution in [1.82, 2.24) is 9.55 Å². The number of halogens is 1. The Bertz CT molecular complexity index is 1410. The average molecular weight is 469 g/mol. The highest BCUT2D eigenvalue weighted by atomic mass is 35.5. The summed E-state index contributed by atoms with van der Waals surface area (Å²) in [5.74, 6) is -0.389. The quantitative estimate of drug-likeness (QED) is 0.320. The van der Waals surface area contributed by atoms with Crippen LogP contribution in [-0.2, 0) is 4.79 Å². The molecule has 1 unspecified atom stereocenters. The van der Waals surface area contributed by atoms with Crippen LogP contribution in [0.4, 0.5) is 11.4 Å². The van der Waals surface area contributed by atoms with E-state index in [1.807, 2.05) is 6.92 Å². The number of nitro benzene ring substituents is 1. The van der Waals surface area contributed by atoms with Gasteiger partial charge in [0.15, 0.2) is 0 Å². The summed E-state index contributed by atoms with van der Waals surface area (Å²) in [6.45, 7) is 3.47.